The SMILES string of the molecule is Cc1csc(C(C)N(C)C(=O)c2cc(CN3CCC(O)CC3)on2)n1. The standard InChI is InChI=1S/C17H24N4O3S/c1-11-10-25-16(18-11)12(2)20(3)17(23)15-8-14(24-19-15)9-21-6-4-13(22)5-7-21/h8,10,12-13,22H,4-7,9H2,1-3H3. The molecule has 136 valence electrons. The van der Waals surface area contributed by atoms with Crippen LogP contribution in [0.4, 0.5) is 0 Å². The lowest BCUT2D eigenvalue weighted by atomic mass is 10.1. The van der Waals surface area contributed by atoms with Crippen LogP contribution in [-0.2, 0) is 6.54 Å². The van der Waals surface area contributed by atoms with Gasteiger partial charge < -0.3 is 14.5 Å². The Labute approximate surface area is 151 Å². The highest BCUT2D eigenvalue weighted by Gasteiger charge is 2.25. The Bertz CT molecular complexity index is 721. The minimum atomic E-state index is -0.201. The number of amides is 1. The van der Waals surface area contributed by atoms with E-state index in [-0.39, 0.29) is 18.1 Å². The zero-order valence-electron chi connectivity index (χ0n) is 14.8. The molecule has 1 N–H and O–H groups in total. The van der Waals surface area contributed by atoms with Gasteiger partial charge in [-0.25, -0.2) is 4.98 Å². The van der Waals surface area contributed by atoms with E-state index in [4.69, 9.17) is 4.52 Å². The summed E-state index contributed by atoms with van der Waals surface area (Å²) >= 11 is 1.55. The van der Waals surface area contributed by atoms with Gasteiger partial charge in [-0.2, -0.15) is 0 Å². The summed E-state index contributed by atoms with van der Waals surface area (Å²) in [6.07, 6.45) is 1.34. The third-order valence-corrected chi connectivity index (χ3v) is 5.74. The summed E-state index contributed by atoms with van der Waals surface area (Å²) in [5.74, 6) is 0.496. The Morgan fingerprint density at radius 1 is 1.52 bits per heavy atom. The molecule has 1 atom stereocenters. The summed E-state index contributed by atoms with van der Waals surface area (Å²) in [4.78, 5) is 20.9. The number of nitrogens with zero attached hydrogens (tertiary/aromatic N) is 4. The van der Waals surface area contributed by atoms with E-state index in [0.717, 1.165) is 36.6 Å². The second kappa shape index (κ2) is 7.63. The number of aromatic nitrogens is 2. The number of likely N-dealkylation sites (tertiary alicyclic amines) is 1. The number of hydrogen-bond donors (Lipinski definition) is 1. The normalized spacial score (nSPS) is 17.6. The maximum Gasteiger partial charge on any atom is 0.276 e. The lowest BCUT2D eigenvalue weighted by molar-refractivity contribution is 0.0724. The van der Waals surface area contributed by atoms with Gasteiger partial charge in [0, 0.05) is 37.3 Å². The summed E-state index contributed by atoms with van der Waals surface area (Å²) in [5, 5.41) is 16.4. The first-order valence-corrected chi connectivity index (χ1v) is 9.37. The Hall–Kier alpha value is -1.77. The van der Waals surface area contributed by atoms with E-state index >= 15 is 0 Å². The molecular weight excluding hydrogens is 340 g/mol. The Morgan fingerprint density at radius 3 is 2.88 bits per heavy atom. The van der Waals surface area contributed by atoms with Crippen LogP contribution in [-0.4, -0.2) is 57.2 Å². The summed E-state index contributed by atoms with van der Waals surface area (Å²) in [6.45, 7) is 6.16. The number of piperidine rings is 1. The molecule has 25 heavy (non-hydrogen) atoms. The van der Waals surface area contributed by atoms with Gasteiger partial charge in [-0.3, -0.25) is 9.69 Å². The molecule has 3 rings (SSSR count). The predicted molar refractivity (Wildman–Crippen MR) is 94.4 cm³/mol. The molecule has 7 nitrogen and oxygen atoms in total. The fraction of sp³-hybridized carbons (Fsp3) is 0.588. The predicted octanol–water partition coefficient (Wildman–Crippen LogP) is 2.23. The first kappa shape index (κ1) is 18.0. The summed E-state index contributed by atoms with van der Waals surface area (Å²) in [6, 6.07) is 1.60. The van der Waals surface area contributed by atoms with Crippen molar-refractivity contribution >= 4 is 17.2 Å². The van der Waals surface area contributed by atoms with Crippen LogP contribution in [0.5, 0.6) is 0 Å². The zero-order chi connectivity index (χ0) is 18.0. The quantitative estimate of drug-likeness (QED) is 0.876. The van der Waals surface area contributed by atoms with E-state index in [1.165, 1.54) is 0 Å². The van der Waals surface area contributed by atoms with Crippen molar-refractivity contribution < 1.29 is 14.4 Å². The highest BCUT2D eigenvalue weighted by molar-refractivity contribution is 7.09. The molecule has 0 aromatic carbocycles. The molecule has 1 unspecified atom stereocenters. The molecule has 2 aromatic rings. The average Bonchev–Trinajstić information content (AvgIpc) is 3.24. The third kappa shape index (κ3) is 4.26. The number of carbonyl (C=O) groups excluding carboxylic acids is 1. The summed E-state index contributed by atoms with van der Waals surface area (Å²) in [7, 11) is 1.75. The van der Waals surface area contributed by atoms with Crippen molar-refractivity contribution in [3.8, 4) is 0 Å². The van der Waals surface area contributed by atoms with Gasteiger partial charge in [0.15, 0.2) is 11.5 Å². The highest BCUT2D eigenvalue weighted by Crippen LogP contribution is 2.24. The Kier molecular flexibility index (Phi) is 5.51. The molecule has 1 aliphatic rings. The van der Waals surface area contributed by atoms with E-state index in [2.05, 4.69) is 15.0 Å². The van der Waals surface area contributed by atoms with Gasteiger partial charge in [0.05, 0.1) is 18.7 Å². The second-order valence-electron chi connectivity index (χ2n) is 6.60. The number of carbonyl (C=O) groups is 1. The van der Waals surface area contributed by atoms with Crippen LogP contribution < -0.4 is 0 Å². The van der Waals surface area contributed by atoms with E-state index in [1.54, 1.807) is 29.4 Å². The van der Waals surface area contributed by atoms with Crippen molar-refractivity contribution in [1.29, 1.82) is 0 Å². The van der Waals surface area contributed by atoms with Gasteiger partial charge in [-0.15, -0.1) is 11.3 Å². The van der Waals surface area contributed by atoms with Gasteiger partial charge in [-0.05, 0) is 26.7 Å². The van der Waals surface area contributed by atoms with Crippen molar-refractivity contribution in [2.45, 2.75) is 45.4 Å². The monoisotopic (exact) mass is 364 g/mol. The average molecular weight is 364 g/mol. The minimum absolute atomic E-state index is 0.116. The van der Waals surface area contributed by atoms with E-state index in [9.17, 15) is 9.90 Å². The summed E-state index contributed by atoms with van der Waals surface area (Å²) in [5.41, 5.74) is 1.28. The van der Waals surface area contributed by atoms with Gasteiger partial charge >= 0.3 is 0 Å². The largest absolute Gasteiger partial charge is 0.393 e. The maximum absolute atomic E-state index is 12.6. The van der Waals surface area contributed by atoms with E-state index in [0.29, 0.717) is 18.0 Å². The van der Waals surface area contributed by atoms with Gasteiger partial charge in [0.1, 0.15) is 5.01 Å². The number of aryl methyl sites for hydroxylation is 1. The molecule has 2 aromatic heterocycles. The molecule has 3 heterocycles. The van der Waals surface area contributed by atoms with Gasteiger partial charge in [0.25, 0.3) is 5.91 Å². The van der Waals surface area contributed by atoms with Gasteiger partial charge in [-0.1, -0.05) is 5.16 Å². The van der Waals surface area contributed by atoms with Crippen molar-refractivity contribution in [2.24, 2.45) is 0 Å². The molecule has 0 saturated carbocycles. The number of aliphatic hydroxyl groups excluding tert-OH is 1. The maximum atomic E-state index is 12.6. The third-order valence-electron chi connectivity index (χ3n) is 4.61. The Balaban J connectivity index is 1.61. The number of rotatable bonds is 5. The topological polar surface area (TPSA) is 82.7 Å². The first-order chi connectivity index (χ1) is 11.9. The number of aliphatic hydroxyl groups is 1. The molecule has 1 aliphatic heterocycles. The lowest BCUT2D eigenvalue weighted by Gasteiger charge is -2.28. The molecule has 0 bridgehead atoms. The van der Waals surface area contributed by atoms with E-state index in [1.807, 2.05) is 19.2 Å². The Morgan fingerprint density at radius 2 is 2.24 bits per heavy atom. The molecule has 0 radical (unpaired) electrons. The van der Waals surface area contributed by atoms with Crippen molar-refractivity contribution in [3.63, 3.8) is 0 Å². The summed E-state index contributed by atoms with van der Waals surface area (Å²) < 4.78 is 5.34. The van der Waals surface area contributed by atoms with E-state index < -0.39 is 0 Å². The minimum Gasteiger partial charge on any atom is -0.393 e. The molecule has 1 amide bonds. The molecule has 1 saturated heterocycles. The van der Waals surface area contributed by atoms with Crippen LogP contribution in [0.15, 0.2) is 16.0 Å². The fourth-order valence-electron chi connectivity index (χ4n) is 2.87. The first-order valence-electron chi connectivity index (χ1n) is 8.49. The van der Waals surface area contributed by atoms with Crippen molar-refractivity contribution in [1.82, 2.24) is 19.9 Å². The lowest BCUT2D eigenvalue weighted by Crippen LogP contribution is -2.35. The smallest absolute Gasteiger partial charge is 0.276 e. The van der Waals surface area contributed by atoms with Crippen LogP contribution >= 0.6 is 11.3 Å². The molecular formula is C17H24N4O3S. The second-order valence-corrected chi connectivity index (χ2v) is 7.49. The highest BCUT2D eigenvalue weighted by atomic mass is 32.1. The van der Waals surface area contributed by atoms with Crippen LogP contribution in [0.2, 0.25) is 0 Å². The zero-order valence-corrected chi connectivity index (χ0v) is 15.6. The van der Waals surface area contributed by atoms with Gasteiger partial charge in [0.2, 0.25) is 0 Å². The molecule has 0 aliphatic carbocycles. The molecule has 8 heteroatoms. The fourth-order valence-corrected chi connectivity index (χ4v) is 3.77. The molecule has 1 fully saturated rings. The van der Waals surface area contributed by atoms with Crippen LogP contribution in [0.3, 0.4) is 0 Å². The number of thiazole rings is 1. The van der Waals surface area contributed by atoms with Crippen molar-refractivity contribution in [3.05, 3.63) is 33.6 Å². The van der Waals surface area contributed by atoms with Crippen LogP contribution in [0, 0.1) is 6.92 Å². The van der Waals surface area contributed by atoms with Crippen LogP contribution in [0.25, 0.3) is 0 Å². The number of hydrogen-bond acceptors (Lipinski definition) is 7. The van der Waals surface area contributed by atoms with Crippen molar-refractivity contribution in [2.75, 3.05) is 20.1 Å². The molecule has 0 spiro atoms. The van der Waals surface area contributed by atoms with Crippen LogP contribution in [0.1, 0.15) is 52.8 Å².